The molecule has 5 N–H and O–H groups in total. The van der Waals surface area contributed by atoms with Gasteiger partial charge in [-0.2, -0.15) is 0 Å². The van der Waals surface area contributed by atoms with Crippen LogP contribution in [-0.4, -0.2) is 21.4 Å². The van der Waals surface area contributed by atoms with Gasteiger partial charge in [0, 0.05) is 6.07 Å². The molecule has 4 nitrogen and oxygen atoms in total. The number of nitrogens with two attached hydrogens (primary N) is 1. The molecule has 0 amide bonds. The Morgan fingerprint density at radius 2 is 1.56 bits per heavy atom. The molecule has 0 radical (unpaired) electrons. The molecule has 1 fully saturated rings. The van der Waals surface area contributed by atoms with Crippen LogP contribution >= 0.6 is 12.4 Å². The average Bonchev–Trinajstić information content (AvgIpc) is 2.79. The van der Waals surface area contributed by atoms with Gasteiger partial charge in [0.25, 0.3) is 0 Å². The van der Waals surface area contributed by atoms with Gasteiger partial charge in [-0.05, 0) is 36.5 Å². The lowest BCUT2D eigenvalue weighted by molar-refractivity contribution is 0.0844. The molecule has 2 atom stereocenters. The molecule has 0 unspecified atom stereocenters. The maximum atomic E-state index is 10.2. The molecular weight excluding hydrogens is 254 g/mol. The maximum Gasteiger partial charge on any atom is 0.119 e. The van der Waals surface area contributed by atoms with Crippen LogP contribution < -0.4 is 5.73 Å². The number of benzene rings is 1. The molecule has 1 saturated carbocycles. The molecule has 0 aromatic heterocycles. The Hall–Kier alpha value is -0.970. The van der Waals surface area contributed by atoms with Crippen molar-refractivity contribution >= 4 is 12.4 Å². The van der Waals surface area contributed by atoms with Crippen LogP contribution in [0.3, 0.4) is 0 Å². The zero-order valence-electron chi connectivity index (χ0n) is 10.1. The number of phenols is 2. The van der Waals surface area contributed by atoms with Crippen LogP contribution in [0, 0.1) is 5.92 Å². The first-order valence-electron chi connectivity index (χ1n) is 6.04. The molecule has 0 saturated heterocycles. The lowest BCUT2D eigenvalue weighted by Crippen LogP contribution is -2.31. The molecule has 0 spiro atoms. The number of aromatic hydroxyl groups is 2. The predicted molar refractivity (Wildman–Crippen MR) is 71.9 cm³/mol. The van der Waals surface area contributed by atoms with E-state index in [2.05, 4.69) is 0 Å². The minimum absolute atomic E-state index is 0. The van der Waals surface area contributed by atoms with Gasteiger partial charge in [-0.3, -0.25) is 0 Å². The Bertz CT molecular complexity index is 374. The van der Waals surface area contributed by atoms with Crippen molar-refractivity contribution in [2.24, 2.45) is 11.7 Å². The summed E-state index contributed by atoms with van der Waals surface area (Å²) < 4.78 is 0. The van der Waals surface area contributed by atoms with E-state index in [1.165, 1.54) is 18.2 Å². The van der Waals surface area contributed by atoms with Gasteiger partial charge in [0.2, 0.25) is 0 Å². The van der Waals surface area contributed by atoms with E-state index in [4.69, 9.17) is 5.73 Å². The van der Waals surface area contributed by atoms with Gasteiger partial charge in [0.15, 0.2) is 0 Å². The Balaban J connectivity index is 0.00000162. The molecule has 18 heavy (non-hydrogen) atoms. The highest BCUT2D eigenvalue weighted by Gasteiger charge is 2.29. The van der Waals surface area contributed by atoms with E-state index in [9.17, 15) is 15.3 Å². The third-order valence-electron chi connectivity index (χ3n) is 3.56. The van der Waals surface area contributed by atoms with Crippen molar-refractivity contribution in [2.45, 2.75) is 37.8 Å². The Labute approximate surface area is 113 Å². The van der Waals surface area contributed by atoms with Gasteiger partial charge in [-0.15, -0.1) is 12.4 Å². The molecule has 0 aliphatic heterocycles. The predicted octanol–water partition coefficient (Wildman–Crippen LogP) is 2.07. The molecule has 1 aliphatic carbocycles. The van der Waals surface area contributed by atoms with Crippen molar-refractivity contribution < 1.29 is 15.3 Å². The second-order valence-electron chi connectivity index (χ2n) is 4.84. The lowest BCUT2D eigenvalue weighted by Gasteiger charge is -2.24. The smallest absolute Gasteiger partial charge is 0.119 e. The Morgan fingerprint density at radius 3 is 2.06 bits per heavy atom. The SMILES string of the molecule is Cl.N[C@H](c1cc(O)cc(O)c1)[C@@H](O)C1CCCC1. The molecule has 0 bridgehead atoms. The summed E-state index contributed by atoms with van der Waals surface area (Å²) in [6.07, 6.45) is 3.66. The van der Waals surface area contributed by atoms with Crippen LogP contribution in [0.25, 0.3) is 0 Å². The third kappa shape index (κ3) is 3.28. The Morgan fingerprint density at radius 1 is 1.06 bits per heavy atom. The largest absolute Gasteiger partial charge is 0.508 e. The number of aliphatic hydroxyl groups is 1. The van der Waals surface area contributed by atoms with Crippen LogP contribution in [0.4, 0.5) is 0 Å². The van der Waals surface area contributed by atoms with E-state index in [0.717, 1.165) is 25.7 Å². The van der Waals surface area contributed by atoms with Gasteiger partial charge < -0.3 is 21.1 Å². The fourth-order valence-corrected chi connectivity index (χ4v) is 2.60. The van der Waals surface area contributed by atoms with Crippen LogP contribution in [0.15, 0.2) is 18.2 Å². The second-order valence-corrected chi connectivity index (χ2v) is 4.84. The quantitative estimate of drug-likeness (QED) is 0.679. The van der Waals surface area contributed by atoms with Crippen molar-refractivity contribution in [2.75, 3.05) is 0 Å². The monoisotopic (exact) mass is 273 g/mol. The Kier molecular flexibility index (Phi) is 5.26. The first-order valence-corrected chi connectivity index (χ1v) is 6.04. The first-order chi connectivity index (χ1) is 8.08. The van der Waals surface area contributed by atoms with Crippen molar-refractivity contribution in [3.8, 4) is 11.5 Å². The average molecular weight is 274 g/mol. The van der Waals surface area contributed by atoms with Crippen LogP contribution in [-0.2, 0) is 0 Å². The first kappa shape index (κ1) is 15.1. The summed E-state index contributed by atoms with van der Waals surface area (Å²) in [5.74, 6) is 0.164. The molecule has 102 valence electrons. The highest BCUT2D eigenvalue weighted by molar-refractivity contribution is 5.85. The number of aliphatic hydroxyl groups excluding tert-OH is 1. The van der Waals surface area contributed by atoms with Crippen LogP contribution in [0.5, 0.6) is 11.5 Å². The zero-order chi connectivity index (χ0) is 12.4. The third-order valence-corrected chi connectivity index (χ3v) is 3.56. The minimum Gasteiger partial charge on any atom is -0.508 e. The van der Waals surface area contributed by atoms with E-state index >= 15 is 0 Å². The molecule has 1 aromatic rings. The fourth-order valence-electron chi connectivity index (χ4n) is 2.60. The molecule has 2 rings (SSSR count). The number of halogens is 1. The molecular formula is C13H20ClNO3. The van der Waals surface area contributed by atoms with E-state index in [1.54, 1.807) is 0 Å². The number of hydrogen-bond donors (Lipinski definition) is 4. The summed E-state index contributed by atoms with van der Waals surface area (Å²) in [5, 5.41) is 28.9. The zero-order valence-corrected chi connectivity index (χ0v) is 10.9. The molecule has 0 heterocycles. The van der Waals surface area contributed by atoms with Crippen LogP contribution in [0.1, 0.15) is 37.3 Å². The van der Waals surface area contributed by atoms with Crippen molar-refractivity contribution in [3.05, 3.63) is 23.8 Å². The standard InChI is InChI=1S/C13H19NO3.ClH/c14-12(13(17)8-3-1-2-4-8)9-5-10(15)7-11(16)6-9;/h5-8,12-13,15-17H,1-4,14H2;1H/t12-,13+;/m1./s1. The molecule has 5 heteroatoms. The van der Waals surface area contributed by atoms with Crippen molar-refractivity contribution in [3.63, 3.8) is 0 Å². The summed E-state index contributed by atoms with van der Waals surface area (Å²) >= 11 is 0. The number of rotatable bonds is 3. The minimum atomic E-state index is -0.612. The van der Waals surface area contributed by atoms with Crippen molar-refractivity contribution in [1.82, 2.24) is 0 Å². The number of hydrogen-bond acceptors (Lipinski definition) is 4. The highest BCUT2D eigenvalue weighted by Crippen LogP contribution is 2.34. The van der Waals surface area contributed by atoms with Crippen LogP contribution in [0.2, 0.25) is 0 Å². The topological polar surface area (TPSA) is 86.7 Å². The van der Waals surface area contributed by atoms with E-state index < -0.39 is 12.1 Å². The van der Waals surface area contributed by atoms with E-state index in [0.29, 0.717) is 5.56 Å². The van der Waals surface area contributed by atoms with Crippen molar-refractivity contribution in [1.29, 1.82) is 0 Å². The summed E-state index contributed by atoms with van der Waals surface area (Å²) in [6, 6.07) is 3.67. The van der Waals surface area contributed by atoms with Gasteiger partial charge in [0.05, 0.1) is 12.1 Å². The van der Waals surface area contributed by atoms with E-state index in [1.807, 2.05) is 0 Å². The second kappa shape index (κ2) is 6.27. The summed E-state index contributed by atoms with van der Waals surface area (Å²) in [5.41, 5.74) is 6.56. The summed E-state index contributed by atoms with van der Waals surface area (Å²) in [4.78, 5) is 0. The van der Waals surface area contributed by atoms with Gasteiger partial charge in [0.1, 0.15) is 11.5 Å². The molecule has 1 aromatic carbocycles. The summed E-state index contributed by atoms with van der Waals surface area (Å²) in [6.45, 7) is 0. The fraction of sp³-hybridized carbons (Fsp3) is 0.538. The molecule has 1 aliphatic rings. The van der Waals surface area contributed by atoms with Gasteiger partial charge in [-0.1, -0.05) is 12.8 Å². The van der Waals surface area contributed by atoms with Gasteiger partial charge >= 0.3 is 0 Å². The lowest BCUT2D eigenvalue weighted by atomic mass is 9.91. The number of phenolic OH excluding ortho intramolecular Hbond substituents is 2. The highest BCUT2D eigenvalue weighted by atomic mass is 35.5. The summed E-state index contributed by atoms with van der Waals surface area (Å²) in [7, 11) is 0. The normalized spacial score (nSPS) is 19.2. The van der Waals surface area contributed by atoms with Gasteiger partial charge in [-0.25, -0.2) is 0 Å². The maximum absolute atomic E-state index is 10.2. The van der Waals surface area contributed by atoms with E-state index in [-0.39, 0.29) is 29.8 Å².